The molecule has 22 heavy (non-hydrogen) atoms. The average Bonchev–Trinajstić information content (AvgIpc) is 3.11. The first-order chi connectivity index (χ1) is 10.7. The molecule has 0 aromatic heterocycles. The molecular weight excluding hydrogens is 280 g/mol. The SMILES string of the molecule is COc1ccc(C(O)(Cc2ccccc2)C2=COCO2)cc1. The monoisotopic (exact) mass is 298 g/mol. The Labute approximate surface area is 129 Å². The highest BCUT2D eigenvalue weighted by atomic mass is 16.7. The van der Waals surface area contributed by atoms with Gasteiger partial charge in [-0.05, 0) is 23.3 Å². The summed E-state index contributed by atoms with van der Waals surface area (Å²) in [6.45, 7) is 0.128. The summed E-state index contributed by atoms with van der Waals surface area (Å²) in [5.74, 6) is 1.16. The lowest BCUT2D eigenvalue weighted by molar-refractivity contribution is -0.00639. The summed E-state index contributed by atoms with van der Waals surface area (Å²) in [6.07, 6.45) is 1.88. The van der Waals surface area contributed by atoms with Crippen molar-refractivity contribution in [2.75, 3.05) is 13.9 Å². The normalized spacial score (nSPS) is 16.2. The molecule has 2 aromatic carbocycles. The van der Waals surface area contributed by atoms with Crippen LogP contribution in [0.25, 0.3) is 0 Å². The quantitative estimate of drug-likeness (QED) is 0.922. The van der Waals surface area contributed by atoms with Crippen LogP contribution in [-0.4, -0.2) is 19.0 Å². The Hall–Kier alpha value is -2.46. The Morgan fingerprint density at radius 3 is 2.41 bits per heavy atom. The standard InChI is InChI=1S/C18H18O4/c1-20-16-9-7-15(8-10-16)18(19,17-12-21-13-22-17)11-14-5-3-2-4-6-14/h2-10,12,19H,11,13H2,1H3. The summed E-state index contributed by atoms with van der Waals surface area (Å²) in [7, 11) is 1.61. The zero-order valence-corrected chi connectivity index (χ0v) is 12.4. The van der Waals surface area contributed by atoms with Crippen molar-refractivity contribution in [2.45, 2.75) is 12.0 Å². The van der Waals surface area contributed by atoms with Crippen molar-refractivity contribution in [1.82, 2.24) is 0 Å². The minimum Gasteiger partial charge on any atom is -0.497 e. The second kappa shape index (κ2) is 6.12. The number of rotatable bonds is 5. The number of methoxy groups -OCH3 is 1. The number of benzene rings is 2. The largest absolute Gasteiger partial charge is 0.497 e. The molecule has 3 rings (SSSR count). The van der Waals surface area contributed by atoms with Crippen molar-refractivity contribution in [1.29, 1.82) is 0 Å². The molecule has 0 saturated carbocycles. The molecule has 0 fully saturated rings. The zero-order valence-electron chi connectivity index (χ0n) is 12.4. The first-order valence-electron chi connectivity index (χ1n) is 7.08. The van der Waals surface area contributed by atoms with Crippen molar-refractivity contribution in [3.8, 4) is 5.75 Å². The van der Waals surface area contributed by atoms with Gasteiger partial charge < -0.3 is 19.3 Å². The molecule has 2 aromatic rings. The Bertz CT molecular complexity index is 649. The first kappa shape index (κ1) is 14.5. The van der Waals surface area contributed by atoms with Gasteiger partial charge in [-0.15, -0.1) is 0 Å². The van der Waals surface area contributed by atoms with Crippen LogP contribution in [0.3, 0.4) is 0 Å². The van der Waals surface area contributed by atoms with Gasteiger partial charge in [0.25, 0.3) is 0 Å². The highest BCUT2D eigenvalue weighted by molar-refractivity contribution is 5.37. The van der Waals surface area contributed by atoms with Crippen molar-refractivity contribution < 1.29 is 19.3 Å². The molecule has 0 amide bonds. The van der Waals surface area contributed by atoms with Gasteiger partial charge in [-0.1, -0.05) is 42.5 Å². The average molecular weight is 298 g/mol. The van der Waals surface area contributed by atoms with Crippen molar-refractivity contribution >= 4 is 0 Å². The van der Waals surface area contributed by atoms with Gasteiger partial charge in [0.05, 0.1) is 7.11 Å². The van der Waals surface area contributed by atoms with Crippen LogP contribution in [0.4, 0.5) is 0 Å². The number of hydrogen-bond acceptors (Lipinski definition) is 4. The summed E-state index contributed by atoms with van der Waals surface area (Å²) in [6, 6.07) is 17.1. The molecule has 1 aliphatic rings. The maximum absolute atomic E-state index is 11.3. The van der Waals surface area contributed by atoms with Crippen LogP contribution >= 0.6 is 0 Å². The van der Waals surface area contributed by atoms with Crippen molar-refractivity contribution in [3.05, 3.63) is 77.7 Å². The van der Waals surface area contributed by atoms with Crippen LogP contribution in [0.1, 0.15) is 11.1 Å². The summed E-state index contributed by atoms with van der Waals surface area (Å²) in [4.78, 5) is 0. The van der Waals surface area contributed by atoms with E-state index in [0.717, 1.165) is 16.9 Å². The molecule has 1 aliphatic heterocycles. The van der Waals surface area contributed by atoms with E-state index in [-0.39, 0.29) is 6.79 Å². The van der Waals surface area contributed by atoms with E-state index in [1.54, 1.807) is 7.11 Å². The lowest BCUT2D eigenvalue weighted by Crippen LogP contribution is -2.31. The van der Waals surface area contributed by atoms with Crippen LogP contribution in [0.2, 0.25) is 0 Å². The lowest BCUT2D eigenvalue weighted by Gasteiger charge is -2.28. The molecule has 1 heterocycles. The third-order valence-corrected chi connectivity index (χ3v) is 3.75. The van der Waals surface area contributed by atoms with Crippen LogP contribution in [0.5, 0.6) is 5.75 Å². The summed E-state index contributed by atoms with van der Waals surface area (Å²) < 4.78 is 15.8. The smallest absolute Gasteiger partial charge is 0.230 e. The fourth-order valence-electron chi connectivity index (χ4n) is 2.55. The zero-order chi connectivity index (χ0) is 15.4. The van der Waals surface area contributed by atoms with E-state index in [9.17, 15) is 5.11 Å². The van der Waals surface area contributed by atoms with Crippen LogP contribution in [-0.2, 0) is 21.5 Å². The number of hydrogen-bond donors (Lipinski definition) is 1. The van der Waals surface area contributed by atoms with Gasteiger partial charge in [0.1, 0.15) is 12.0 Å². The lowest BCUT2D eigenvalue weighted by atomic mass is 9.85. The fraction of sp³-hybridized carbons (Fsp3) is 0.222. The second-order valence-corrected chi connectivity index (χ2v) is 5.16. The minimum atomic E-state index is -1.27. The molecule has 0 bridgehead atoms. The predicted octanol–water partition coefficient (Wildman–Crippen LogP) is 2.97. The molecular formula is C18H18O4. The Morgan fingerprint density at radius 1 is 1.09 bits per heavy atom. The fourth-order valence-corrected chi connectivity index (χ4v) is 2.55. The second-order valence-electron chi connectivity index (χ2n) is 5.16. The Balaban J connectivity index is 1.98. The van der Waals surface area contributed by atoms with Gasteiger partial charge in [-0.2, -0.15) is 0 Å². The number of ether oxygens (including phenoxy) is 3. The maximum Gasteiger partial charge on any atom is 0.230 e. The highest BCUT2D eigenvalue weighted by Crippen LogP contribution is 2.36. The van der Waals surface area contributed by atoms with E-state index in [1.807, 2.05) is 54.6 Å². The van der Waals surface area contributed by atoms with E-state index in [1.165, 1.54) is 6.26 Å². The molecule has 1 N–H and O–H groups in total. The summed E-state index contributed by atoms with van der Waals surface area (Å²) in [5.41, 5.74) is 0.468. The van der Waals surface area contributed by atoms with Crippen LogP contribution in [0, 0.1) is 0 Å². The molecule has 4 heteroatoms. The highest BCUT2D eigenvalue weighted by Gasteiger charge is 2.38. The van der Waals surface area contributed by atoms with Crippen molar-refractivity contribution in [3.63, 3.8) is 0 Å². The van der Waals surface area contributed by atoms with Gasteiger partial charge in [0, 0.05) is 6.42 Å². The van der Waals surface area contributed by atoms with Gasteiger partial charge in [-0.3, -0.25) is 0 Å². The maximum atomic E-state index is 11.3. The third-order valence-electron chi connectivity index (χ3n) is 3.75. The Morgan fingerprint density at radius 2 is 1.82 bits per heavy atom. The predicted molar refractivity (Wildman–Crippen MR) is 82.2 cm³/mol. The third kappa shape index (κ3) is 2.78. The molecule has 0 radical (unpaired) electrons. The Kier molecular flexibility index (Phi) is 4.02. The van der Waals surface area contributed by atoms with Crippen LogP contribution in [0.15, 0.2) is 66.6 Å². The van der Waals surface area contributed by atoms with E-state index >= 15 is 0 Å². The van der Waals surface area contributed by atoms with Gasteiger partial charge in [0.15, 0.2) is 11.4 Å². The van der Waals surface area contributed by atoms with E-state index in [0.29, 0.717) is 12.2 Å². The topological polar surface area (TPSA) is 47.9 Å². The molecule has 1 atom stereocenters. The molecule has 0 aliphatic carbocycles. The van der Waals surface area contributed by atoms with E-state index in [2.05, 4.69) is 0 Å². The summed E-state index contributed by atoms with van der Waals surface area (Å²) in [5, 5.41) is 11.3. The van der Waals surface area contributed by atoms with E-state index in [4.69, 9.17) is 14.2 Å². The molecule has 0 spiro atoms. The molecule has 0 saturated heterocycles. The first-order valence-corrected chi connectivity index (χ1v) is 7.08. The van der Waals surface area contributed by atoms with Gasteiger partial charge in [-0.25, -0.2) is 0 Å². The molecule has 4 nitrogen and oxygen atoms in total. The van der Waals surface area contributed by atoms with Crippen LogP contribution < -0.4 is 4.74 Å². The van der Waals surface area contributed by atoms with Gasteiger partial charge in [0.2, 0.25) is 6.79 Å². The van der Waals surface area contributed by atoms with Crippen molar-refractivity contribution in [2.24, 2.45) is 0 Å². The summed E-state index contributed by atoms with van der Waals surface area (Å²) >= 11 is 0. The molecule has 1 unspecified atom stereocenters. The van der Waals surface area contributed by atoms with Gasteiger partial charge >= 0.3 is 0 Å². The number of aliphatic hydroxyl groups is 1. The molecule has 114 valence electrons. The minimum absolute atomic E-state index is 0.128. The van der Waals surface area contributed by atoms with E-state index < -0.39 is 5.60 Å².